The van der Waals surface area contributed by atoms with Gasteiger partial charge in [0.05, 0.1) is 10.7 Å². The van der Waals surface area contributed by atoms with Crippen LogP contribution in [0.5, 0.6) is 11.5 Å². The summed E-state index contributed by atoms with van der Waals surface area (Å²) in [7, 11) is 1.66. The molecule has 140 valence electrons. The van der Waals surface area contributed by atoms with E-state index < -0.39 is 0 Å². The highest BCUT2D eigenvalue weighted by atomic mass is 127. The van der Waals surface area contributed by atoms with Crippen molar-refractivity contribution < 1.29 is 9.47 Å². The third kappa shape index (κ3) is 5.77. The monoisotopic (exact) mass is 557 g/mol. The molecule has 27 heavy (non-hydrogen) atoms. The maximum Gasteiger partial charge on any atom is 0.174 e. The third-order valence-corrected chi connectivity index (χ3v) is 5.47. The number of anilines is 1. The van der Waals surface area contributed by atoms with E-state index in [-0.39, 0.29) is 0 Å². The van der Waals surface area contributed by atoms with Gasteiger partial charge >= 0.3 is 0 Å². The van der Waals surface area contributed by atoms with Crippen molar-refractivity contribution in [1.29, 1.82) is 0 Å². The topological polar surface area (TPSA) is 30.5 Å². The quantitative estimate of drug-likeness (QED) is 0.320. The Morgan fingerprint density at radius 2 is 1.81 bits per heavy atom. The van der Waals surface area contributed by atoms with Crippen molar-refractivity contribution in [2.45, 2.75) is 13.2 Å². The van der Waals surface area contributed by atoms with Crippen LogP contribution in [0.15, 0.2) is 65.1 Å². The van der Waals surface area contributed by atoms with E-state index in [1.807, 2.05) is 54.6 Å². The van der Waals surface area contributed by atoms with Crippen LogP contribution in [0, 0.1) is 3.57 Å². The number of nitrogens with one attached hydrogen (secondary N) is 1. The molecule has 1 N–H and O–H groups in total. The van der Waals surface area contributed by atoms with Crippen LogP contribution in [0.3, 0.4) is 0 Å². The van der Waals surface area contributed by atoms with Gasteiger partial charge in [-0.1, -0.05) is 39.7 Å². The first-order chi connectivity index (χ1) is 13.0. The Morgan fingerprint density at radius 1 is 1.04 bits per heavy atom. The second-order valence-corrected chi connectivity index (χ2v) is 8.40. The number of halogens is 3. The molecule has 0 fully saturated rings. The van der Waals surface area contributed by atoms with E-state index in [0.29, 0.717) is 18.2 Å². The van der Waals surface area contributed by atoms with Crippen molar-refractivity contribution in [3.63, 3.8) is 0 Å². The summed E-state index contributed by atoms with van der Waals surface area (Å²) in [6, 6.07) is 19.9. The van der Waals surface area contributed by atoms with E-state index in [0.717, 1.165) is 36.4 Å². The lowest BCUT2D eigenvalue weighted by Gasteiger charge is -2.15. The average molecular weight is 559 g/mol. The lowest BCUT2D eigenvalue weighted by Crippen LogP contribution is -2.03. The Labute approximate surface area is 186 Å². The highest BCUT2D eigenvalue weighted by Crippen LogP contribution is 2.35. The number of rotatable bonds is 7. The number of ether oxygens (including phenoxy) is 2. The van der Waals surface area contributed by atoms with Gasteiger partial charge in [-0.25, -0.2) is 0 Å². The van der Waals surface area contributed by atoms with Gasteiger partial charge in [0, 0.05) is 21.7 Å². The standard InChI is InChI=1S/C21H18BrClINO2/c1-26-20-11-15(12-25-18-7-5-16(22)6-8-18)10-19(24)21(20)27-13-14-3-2-4-17(23)9-14/h2-11,25H,12-13H2,1H3. The number of methoxy groups -OCH3 is 1. The van der Waals surface area contributed by atoms with Gasteiger partial charge in [-0.2, -0.15) is 0 Å². The van der Waals surface area contributed by atoms with E-state index in [1.54, 1.807) is 7.11 Å². The minimum Gasteiger partial charge on any atom is -0.493 e. The van der Waals surface area contributed by atoms with Crippen molar-refractivity contribution in [3.05, 3.63) is 84.9 Å². The van der Waals surface area contributed by atoms with Crippen molar-refractivity contribution >= 4 is 55.8 Å². The van der Waals surface area contributed by atoms with E-state index in [4.69, 9.17) is 21.1 Å². The lowest BCUT2D eigenvalue weighted by molar-refractivity contribution is 0.282. The van der Waals surface area contributed by atoms with Crippen molar-refractivity contribution in [2.75, 3.05) is 12.4 Å². The van der Waals surface area contributed by atoms with Crippen LogP contribution in [0.1, 0.15) is 11.1 Å². The van der Waals surface area contributed by atoms with Gasteiger partial charge in [0.25, 0.3) is 0 Å². The molecule has 0 heterocycles. The van der Waals surface area contributed by atoms with Gasteiger partial charge in [0.1, 0.15) is 6.61 Å². The van der Waals surface area contributed by atoms with Gasteiger partial charge in [-0.15, -0.1) is 0 Å². The van der Waals surface area contributed by atoms with Crippen LogP contribution in [-0.2, 0) is 13.2 Å². The molecule has 6 heteroatoms. The molecule has 0 bridgehead atoms. The van der Waals surface area contributed by atoms with Crippen LogP contribution in [0.2, 0.25) is 5.02 Å². The molecule has 0 aromatic heterocycles. The Hall–Kier alpha value is -1.44. The first-order valence-electron chi connectivity index (χ1n) is 8.28. The van der Waals surface area contributed by atoms with Gasteiger partial charge in [-0.05, 0) is 82.2 Å². The molecule has 0 aliphatic heterocycles. The fraction of sp³-hybridized carbons (Fsp3) is 0.143. The molecule has 0 amide bonds. The molecule has 0 saturated carbocycles. The molecule has 0 spiro atoms. The second-order valence-electron chi connectivity index (χ2n) is 5.89. The number of benzene rings is 3. The molecule has 0 atom stereocenters. The summed E-state index contributed by atoms with van der Waals surface area (Å²) in [5, 5.41) is 4.12. The largest absolute Gasteiger partial charge is 0.493 e. The van der Waals surface area contributed by atoms with E-state index in [1.165, 1.54) is 0 Å². The van der Waals surface area contributed by atoms with Crippen LogP contribution < -0.4 is 14.8 Å². The molecule has 3 nitrogen and oxygen atoms in total. The van der Waals surface area contributed by atoms with Crippen molar-refractivity contribution in [3.8, 4) is 11.5 Å². The summed E-state index contributed by atoms with van der Waals surface area (Å²) >= 11 is 11.8. The Bertz CT molecular complexity index is 919. The molecule has 3 aromatic carbocycles. The molecule has 0 aliphatic carbocycles. The smallest absolute Gasteiger partial charge is 0.174 e. The molecule has 3 rings (SSSR count). The van der Waals surface area contributed by atoms with Gasteiger partial charge in [0.2, 0.25) is 0 Å². The van der Waals surface area contributed by atoms with Gasteiger partial charge in [0.15, 0.2) is 11.5 Å². The number of hydrogen-bond donors (Lipinski definition) is 1. The zero-order valence-electron chi connectivity index (χ0n) is 14.6. The summed E-state index contributed by atoms with van der Waals surface area (Å²) in [5.74, 6) is 1.46. The predicted molar refractivity (Wildman–Crippen MR) is 123 cm³/mol. The Kier molecular flexibility index (Phi) is 7.26. The van der Waals surface area contributed by atoms with E-state index >= 15 is 0 Å². The molecule has 0 saturated heterocycles. The molecule has 0 unspecified atom stereocenters. The summed E-state index contributed by atoms with van der Waals surface area (Å²) in [6.45, 7) is 1.13. The lowest BCUT2D eigenvalue weighted by atomic mass is 10.2. The van der Waals surface area contributed by atoms with E-state index in [2.05, 4.69) is 49.9 Å². The first-order valence-corrected chi connectivity index (χ1v) is 10.5. The van der Waals surface area contributed by atoms with Crippen LogP contribution in [0.25, 0.3) is 0 Å². The fourth-order valence-corrected chi connectivity index (χ4v) is 3.87. The maximum atomic E-state index is 6.04. The van der Waals surface area contributed by atoms with Crippen LogP contribution in [0.4, 0.5) is 5.69 Å². The normalized spacial score (nSPS) is 10.5. The summed E-state index contributed by atoms with van der Waals surface area (Å²) < 4.78 is 13.6. The number of hydrogen-bond acceptors (Lipinski definition) is 3. The maximum absolute atomic E-state index is 6.04. The third-order valence-electron chi connectivity index (χ3n) is 3.90. The van der Waals surface area contributed by atoms with Crippen molar-refractivity contribution in [1.82, 2.24) is 0 Å². The van der Waals surface area contributed by atoms with Crippen LogP contribution >= 0.6 is 50.1 Å². The minimum atomic E-state index is 0.434. The Balaban J connectivity index is 1.71. The van der Waals surface area contributed by atoms with Crippen LogP contribution in [-0.4, -0.2) is 7.11 Å². The zero-order valence-corrected chi connectivity index (χ0v) is 19.1. The summed E-state index contributed by atoms with van der Waals surface area (Å²) in [5.41, 5.74) is 3.20. The molecule has 0 radical (unpaired) electrons. The zero-order chi connectivity index (χ0) is 19.2. The Morgan fingerprint density at radius 3 is 2.52 bits per heavy atom. The summed E-state index contributed by atoms with van der Waals surface area (Å²) in [6.07, 6.45) is 0. The van der Waals surface area contributed by atoms with Gasteiger partial charge in [-0.3, -0.25) is 0 Å². The summed E-state index contributed by atoms with van der Waals surface area (Å²) in [4.78, 5) is 0. The van der Waals surface area contributed by atoms with Gasteiger partial charge < -0.3 is 14.8 Å². The second kappa shape index (κ2) is 9.66. The highest BCUT2D eigenvalue weighted by molar-refractivity contribution is 14.1. The minimum absolute atomic E-state index is 0.434. The van der Waals surface area contributed by atoms with Crippen molar-refractivity contribution in [2.24, 2.45) is 0 Å². The molecule has 3 aromatic rings. The first kappa shape index (κ1) is 20.3. The molecular weight excluding hydrogens is 540 g/mol. The SMILES string of the molecule is COc1cc(CNc2ccc(Br)cc2)cc(I)c1OCc1cccc(Cl)c1. The predicted octanol–water partition coefficient (Wildman–Crippen LogP) is 6.91. The van der Waals surface area contributed by atoms with E-state index in [9.17, 15) is 0 Å². The average Bonchev–Trinajstić information content (AvgIpc) is 2.66. The molecular formula is C21H18BrClINO2. The fourth-order valence-electron chi connectivity index (χ4n) is 2.57. The highest BCUT2D eigenvalue weighted by Gasteiger charge is 2.12. The molecule has 0 aliphatic rings.